The lowest BCUT2D eigenvalue weighted by atomic mass is 10.3. The third-order valence-electron chi connectivity index (χ3n) is 3.25. The van der Waals surface area contributed by atoms with Gasteiger partial charge < -0.3 is 19.4 Å². The van der Waals surface area contributed by atoms with Gasteiger partial charge in [-0.2, -0.15) is 0 Å². The van der Waals surface area contributed by atoms with Gasteiger partial charge >= 0.3 is 6.03 Å². The van der Waals surface area contributed by atoms with E-state index in [1.807, 2.05) is 6.07 Å². The molecule has 0 unspecified atom stereocenters. The minimum absolute atomic E-state index is 0.138. The second-order valence-corrected chi connectivity index (χ2v) is 5.18. The van der Waals surface area contributed by atoms with E-state index < -0.39 is 0 Å². The summed E-state index contributed by atoms with van der Waals surface area (Å²) >= 11 is 0. The van der Waals surface area contributed by atoms with Gasteiger partial charge in [0.1, 0.15) is 17.3 Å². The predicted molar refractivity (Wildman–Crippen MR) is 84.7 cm³/mol. The monoisotopic (exact) mass is 320 g/mol. The number of unbranched alkanes of at least 4 members (excludes halogenated alkanes) is 1. The average molecular weight is 320 g/mol. The van der Waals surface area contributed by atoms with E-state index in [4.69, 9.17) is 9.15 Å². The summed E-state index contributed by atoms with van der Waals surface area (Å²) in [5.41, 5.74) is 0. The maximum absolute atomic E-state index is 12.7. The number of nitrogens with one attached hydrogen (secondary N) is 1. The number of ether oxygens (including phenoxy) is 1. The van der Waals surface area contributed by atoms with Crippen molar-refractivity contribution in [3.63, 3.8) is 0 Å². The minimum Gasteiger partial charge on any atom is -0.494 e. The normalized spacial score (nSPS) is 10.3. The molecule has 0 aliphatic carbocycles. The zero-order chi connectivity index (χ0) is 16.5. The molecule has 1 heterocycles. The van der Waals surface area contributed by atoms with Crippen molar-refractivity contribution in [1.29, 1.82) is 0 Å². The highest BCUT2D eigenvalue weighted by atomic mass is 19.1. The van der Waals surface area contributed by atoms with Crippen molar-refractivity contribution >= 4 is 6.03 Å². The van der Waals surface area contributed by atoms with E-state index in [9.17, 15) is 9.18 Å². The Balaban J connectivity index is 1.54. The van der Waals surface area contributed by atoms with Gasteiger partial charge in [0.05, 0.1) is 19.4 Å². The number of halogens is 1. The van der Waals surface area contributed by atoms with Crippen molar-refractivity contribution in [3.05, 3.63) is 54.2 Å². The van der Waals surface area contributed by atoms with Crippen molar-refractivity contribution in [2.45, 2.75) is 19.4 Å². The number of hydrogen-bond donors (Lipinski definition) is 1. The van der Waals surface area contributed by atoms with Crippen LogP contribution in [0.15, 0.2) is 47.1 Å². The van der Waals surface area contributed by atoms with Crippen LogP contribution in [0.3, 0.4) is 0 Å². The molecule has 0 spiro atoms. The smallest absolute Gasteiger partial charge is 0.317 e. The first kappa shape index (κ1) is 16.9. The van der Waals surface area contributed by atoms with Crippen LogP contribution in [-0.2, 0) is 6.54 Å². The fraction of sp³-hybridized carbons (Fsp3) is 0.353. The number of amides is 2. The third kappa shape index (κ3) is 6.02. The molecule has 1 aromatic heterocycles. The highest BCUT2D eigenvalue weighted by Crippen LogP contribution is 2.11. The summed E-state index contributed by atoms with van der Waals surface area (Å²) in [6, 6.07) is 9.41. The summed E-state index contributed by atoms with van der Waals surface area (Å²) in [7, 11) is 1.72. The summed E-state index contributed by atoms with van der Waals surface area (Å²) < 4.78 is 23.4. The number of carbonyl (C=O) groups is 1. The van der Waals surface area contributed by atoms with Crippen LogP contribution in [0.25, 0.3) is 0 Å². The van der Waals surface area contributed by atoms with E-state index in [-0.39, 0.29) is 11.8 Å². The Hall–Kier alpha value is -2.50. The van der Waals surface area contributed by atoms with Crippen molar-refractivity contribution < 1.29 is 18.3 Å². The Morgan fingerprint density at radius 1 is 1.26 bits per heavy atom. The molecular weight excluding hydrogens is 299 g/mol. The van der Waals surface area contributed by atoms with E-state index >= 15 is 0 Å². The number of rotatable bonds is 8. The summed E-state index contributed by atoms with van der Waals surface area (Å²) in [6.07, 6.45) is 3.20. The lowest BCUT2D eigenvalue weighted by molar-refractivity contribution is 0.202. The summed E-state index contributed by atoms with van der Waals surface area (Å²) in [5.74, 6) is 1.11. The molecule has 0 aliphatic heterocycles. The molecular formula is C17H21FN2O3. The molecule has 2 aromatic rings. The van der Waals surface area contributed by atoms with Gasteiger partial charge in [0.25, 0.3) is 0 Å². The molecule has 0 bridgehead atoms. The quantitative estimate of drug-likeness (QED) is 0.758. The van der Waals surface area contributed by atoms with Crippen molar-refractivity contribution in [1.82, 2.24) is 10.2 Å². The van der Waals surface area contributed by atoms with E-state index in [1.165, 1.54) is 12.1 Å². The zero-order valence-electron chi connectivity index (χ0n) is 13.1. The molecule has 5 nitrogen and oxygen atoms in total. The van der Waals surface area contributed by atoms with Crippen molar-refractivity contribution in [2.75, 3.05) is 20.2 Å². The second-order valence-electron chi connectivity index (χ2n) is 5.18. The lowest BCUT2D eigenvalue weighted by Crippen LogP contribution is -2.37. The standard InChI is InChI=1S/C17H21FN2O3/c1-20(13-16-5-4-12-23-16)17(21)19-10-2-3-11-22-15-8-6-14(18)7-9-15/h4-9,12H,2-3,10-11,13H2,1H3,(H,19,21). The number of furan rings is 1. The van der Waals surface area contributed by atoms with E-state index in [0.29, 0.717) is 25.4 Å². The molecule has 0 saturated carbocycles. The zero-order valence-corrected chi connectivity index (χ0v) is 13.1. The van der Waals surface area contributed by atoms with Crippen LogP contribution in [0.2, 0.25) is 0 Å². The van der Waals surface area contributed by atoms with Crippen LogP contribution in [0.5, 0.6) is 5.75 Å². The fourth-order valence-corrected chi connectivity index (χ4v) is 1.99. The molecule has 6 heteroatoms. The number of hydrogen-bond acceptors (Lipinski definition) is 3. The highest BCUT2D eigenvalue weighted by Gasteiger charge is 2.09. The molecule has 0 atom stereocenters. The second kappa shape index (κ2) is 8.82. The average Bonchev–Trinajstić information content (AvgIpc) is 3.05. The topological polar surface area (TPSA) is 54.7 Å². The molecule has 23 heavy (non-hydrogen) atoms. The van der Waals surface area contributed by atoms with Gasteiger partial charge in [0.15, 0.2) is 0 Å². The first-order valence-electron chi connectivity index (χ1n) is 7.55. The SMILES string of the molecule is CN(Cc1ccco1)C(=O)NCCCCOc1ccc(F)cc1. The number of benzene rings is 1. The maximum Gasteiger partial charge on any atom is 0.317 e. The van der Waals surface area contributed by atoms with Gasteiger partial charge in [-0.1, -0.05) is 0 Å². The van der Waals surface area contributed by atoms with Crippen molar-refractivity contribution in [2.24, 2.45) is 0 Å². The maximum atomic E-state index is 12.7. The summed E-state index contributed by atoms with van der Waals surface area (Å²) in [6.45, 7) is 1.55. The van der Waals surface area contributed by atoms with Crippen LogP contribution in [0.1, 0.15) is 18.6 Å². The Bertz CT molecular complexity index is 584. The molecule has 124 valence electrons. The number of nitrogens with zero attached hydrogens (tertiary/aromatic N) is 1. The van der Waals surface area contributed by atoms with Crippen LogP contribution < -0.4 is 10.1 Å². The Morgan fingerprint density at radius 2 is 2.04 bits per heavy atom. The van der Waals surface area contributed by atoms with Gasteiger partial charge in [-0.25, -0.2) is 9.18 Å². The van der Waals surface area contributed by atoms with Gasteiger partial charge in [-0.15, -0.1) is 0 Å². The number of urea groups is 1. The van der Waals surface area contributed by atoms with E-state index in [2.05, 4.69) is 5.32 Å². The minimum atomic E-state index is -0.279. The van der Waals surface area contributed by atoms with Gasteiger partial charge in [0.2, 0.25) is 0 Å². The van der Waals surface area contributed by atoms with E-state index in [1.54, 1.807) is 36.4 Å². The molecule has 1 N–H and O–H groups in total. The predicted octanol–water partition coefficient (Wildman–Crippen LogP) is 3.42. The molecule has 2 amide bonds. The Kier molecular flexibility index (Phi) is 6.47. The Morgan fingerprint density at radius 3 is 2.74 bits per heavy atom. The third-order valence-corrected chi connectivity index (χ3v) is 3.25. The number of carbonyl (C=O) groups excluding carboxylic acids is 1. The molecule has 0 fully saturated rings. The summed E-state index contributed by atoms with van der Waals surface area (Å²) in [4.78, 5) is 13.4. The largest absolute Gasteiger partial charge is 0.494 e. The first-order chi connectivity index (χ1) is 11.1. The molecule has 1 aromatic carbocycles. The molecule has 2 rings (SSSR count). The first-order valence-corrected chi connectivity index (χ1v) is 7.55. The highest BCUT2D eigenvalue weighted by molar-refractivity contribution is 5.73. The lowest BCUT2D eigenvalue weighted by Gasteiger charge is -2.16. The van der Waals surface area contributed by atoms with Crippen LogP contribution >= 0.6 is 0 Å². The summed E-state index contributed by atoms with van der Waals surface area (Å²) in [5, 5.41) is 2.84. The molecule has 0 saturated heterocycles. The Labute approximate surface area is 135 Å². The molecule has 0 aliphatic rings. The van der Waals surface area contributed by atoms with E-state index in [0.717, 1.165) is 18.6 Å². The van der Waals surface area contributed by atoms with Gasteiger partial charge in [0, 0.05) is 13.6 Å². The van der Waals surface area contributed by atoms with Crippen LogP contribution in [-0.4, -0.2) is 31.1 Å². The van der Waals surface area contributed by atoms with Gasteiger partial charge in [-0.3, -0.25) is 0 Å². The van der Waals surface area contributed by atoms with Crippen LogP contribution in [0.4, 0.5) is 9.18 Å². The fourth-order valence-electron chi connectivity index (χ4n) is 1.99. The van der Waals surface area contributed by atoms with Gasteiger partial charge in [-0.05, 0) is 49.2 Å². The van der Waals surface area contributed by atoms with Crippen LogP contribution in [0, 0.1) is 5.82 Å². The molecule has 0 radical (unpaired) electrons. The van der Waals surface area contributed by atoms with Crippen molar-refractivity contribution in [3.8, 4) is 5.75 Å².